The lowest BCUT2D eigenvalue weighted by Gasteiger charge is -2.27. The van der Waals surface area contributed by atoms with Crippen LogP contribution < -0.4 is 10.2 Å². The predicted molar refractivity (Wildman–Crippen MR) is 176 cm³/mol. The third-order valence-corrected chi connectivity index (χ3v) is 10.7. The number of sulfone groups is 1. The van der Waals surface area contributed by atoms with Crippen molar-refractivity contribution in [2.45, 2.75) is 36.6 Å². The average Bonchev–Trinajstić information content (AvgIpc) is 3.53. The van der Waals surface area contributed by atoms with E-state index in [2.05, 4.69) is 20.2 Å². The van der Waals surface area contributed by atoms with Crippen LogP contribution in [0.4, 0.5) is 35.0 Å². The highest BCUT2D eigenvalue weighted by atomic mass is 32.2. The summed E-state index contributed by atoms with van der Waals surface area (Å²) in [6, 6.07) is 13.2. The maximum Gasteiger partial charge on any atom is 0.417 e. The van der Waals surface area contributed by atoms with Gasteiger partial charge in [0, 0.05) is 36.3 Å². The first-order valence-electron chi connectivity index (χ1n) is 15.0. The molecule has 0 amide bonds. The molecule has 0 aliphatic carbocycles. The number of anilines is 3. The zero-order valence-corrected chi connectivity index (χ0v) is 27.5. The second-order valence-electron chi connectivity index (χ2n) is 11.3. The summed E-state index contributed by atoms with van der Waals surface area (Å²) in [4.78, 5) is 20.2. The lowest BCUT2D eigenvalue weighted by molar-refractivity contribution is -0.139. The number of pyridine rings is 1. The molecular formula is C33H30F4N6O3S2. The summed E-state index contributed by atoms with van der Waals surface area (Å²) in [5.41, 5.74) is 0.420. The number of alkyl halides is 3. The summed E-state index contributed by atoms with van der Waals surface area (Å²) in [6.07, 6.45) is -1.63. The van der Waals surface area contributed by atoms with Crippen molar-refractivity contribution in [3.8, 4) is 21.8 Å². The number of benzene rings is 2. The van der Waals surface area contributed by atoms with Crippen LogP contribution in [-0.2, 0) is 26.5 Å². The number of hydrogen-bond acceptors (Lipinski definition) is 10. The smallest absolute Gasteiger partial charge is 0.378 e. The van der Waals surface area contributed by atoms with Gasteiger partial charge in [-0.1, -0.05) is 26.0 Å². The molecule has 1 N–H and O–H groups in total. The fraction of sp³-hybridized carbons (Fsp3) is 0.273. The van der Waals surface area contributed by atoms with E-state index >= 15 is 4.39 Å². The van der Waals surface area contributed by atoms with Gasteiger partial charge in [-0.3, -0.25) is 0 Å². The first-order chi connectivity index (χ1) is 22.9. The fourth-order valence-electron chi connectivity index (χ4n) is 5.15. The van der Waals surface area contributed by atoms with Crippen molar-refractivity contribution in [3.63, 3.8) is 0 Å². The quantitative estimate of drug-likeness (QED) is 0.157. The number of aromatic nitrogens is 4. The van der Waals surface area contributed by atoms with Crippen molar-refractivity contribution < 1.29 is 30.7 Å². The number of rotatable bonds is 9. The van der Waals surface area contributed by atoms with Crippen LogP contribution >= 0.6 is 11.3 Å². The molecule has 0 spiro atoms. The van der Waals surface area contributed by atoms with Gasteiger partial charge in [0.2, 0.25) is 5.95 Å². The summed E-state index contributed by atoms with van der Waals surface area (Å²) < 4.78 is 87.8. The van der Waals surface area contributed by atoms with Crippen molar-refractivity contribution in [2.24, 2.45) is 0 Å². The molecule has 250 valence electrons. The Morgan fingerprint density at radius 3 is 2.48 bits per heavy atom. The summed E-state index contributed by atoms with van der Waals surface area (Å²) in [6.45, 7) is 6.75. The molecule has 2 aromatic carbocycles. The highest BCUT2D eigenvalue weighted by Crippen LogP contribution is 2.40. The lowest BCUT2D eigenvalue weighted by atomic mass is 10.1. The SMILES string of the molecule is CC(C)c1nc(-c2ccc(F)c(CS(=O)(=O)c3ccccc3C(F)(F)F)c2)c(-c2ccnc(Nc3ccc(N4CCOCC4)nc3)n2)s1. The van der Waals surface area contributed by atoms with Crippen molar-refractivity contribution >= 4 is 38.6 Å². The van der Waals surface area contributed by atoms with E-state index in [0.29, 0.717) is 52.7 Å². The van der Waals surface area contributed by atoms with E-state index < -0.39 is 38.0 Å². The molecule has 15 heteroatoms. The maximum absolute atomic E-state index is 15.1. The molecule has 1 fully saturated rings. The van der Waals surface area contributed by atoms with E-state index in [1.807, 2.05) is 26.0 Å². The lowest BCUT2D eigenvalue weighted by Crippen LogP contribution is -2.36. The summed E-state index contributed by atoms with van der Waals surface area (Å²) in [7, 11) is -4.58. The molecule has 0 radical (unpaired) electrons. The van der Waals surface area contributed by atoms with Crippen molar-refractivity contribution in [1.29, 1.82) is 0 Å². The number of halogens is 4. The van der Waals surface area contributed by atoms with Gasteiger partial charge in [0.15, 0.2) is 9.84 Å². The molecule has 0 saturated carbocycles. The predicted octanol–water partition coefficient (Wildman–Crippen LogP) is 7.50. The zero-order valence-electron chi connectivity index (χ0n) is 25.8. The molecule has 3 aromatic heterocycles. The summed E-state index contributed by atoms with van der Waals surface area (Å²) in [5, 5.41) is 3.92. The van der Waals surface area contributed by atoms with E-state index in [9.17, 15) is 21.6 Å². The summed E-state index contributed by atoms with van der Waals surface area (Å²) >= 11 is 1.38. The fourth-order valence-corrected chi connectivity index (χ4v) is 7.81. The Morgan fingerprint density at radius 1 is 1.00 bits per heavy atom. The minimum atomic E-state index is -4.90. The molecule has 1 aliphatic heterocycles. The van der Waals surface area contributed by atoms with Gasteiger partial charge in [0.1, 0.15) is 11.6 Å². The first-order valence-corrected chi connectivity index (χ1v) is 17.4. The standard InChI is InChI=1S/C33H30F4N6O3S2/c1-20(2)31-42-29(21-7-9-25(34)22(17-21)19-48(44,45)27-6-4-3-5-24(27)33(35,36)37)30(47-31)26-11-12-38-32(41-26)40-23-8-10-28(39-18-23)43-13-15-46-16-14-43/h3-12,17-18,20H,13-16,19H2,1-2H3,(H,38,40,41). The monoisotopic (exact) mass is 698 g/mol. The number of morpholine rings is 1. The van der Waals surface area contributed by atoms with Crippen LogP contribution in [0.2, 0.25) is 0 Å². The Morgan fingerprint density at radius 2 is 1.77 bits per heavy atom. The van der Waals surface area contributed by atoms with E-state index in [-0.39, 0.29) is 11.5 Å². The normalized spacial score (nSPS) is 14.0. The third-order valence-electron chi connectivity index (χ3n) is 7.56. The average molecular weight is 699 g/mol. The molecule has 1 aliphatic rings. The largest absolute Gasteiger partial charge is 0.417 e. The molecule has 5 aromatic rings. The topological polar surface area (TPSA) is 110 Å². The Bertz CT molecular complexity index is 2030. The Hall–Kier alpha value is -4.47. The van der Waals surface area contributed by atoms with Crippen LogP contribution in [0.15, 0.2) is 78.0 Å². The van der Waals surface area contributed by atoms with Crippen molar-refractivity contribution in [3.05, 3.63) is 95.0 Å². The molecular weight excluding hydrogens is 669 g/mol. The van der Waals surface area contributed by atoms with Crippen LogP contribution in [0.1, 0.15) is 35.9 Å². The van der Waals surface area contributed by atoms with Gasteiger partial charge in [-0.25, -0.2) is 32.7 Å². The first kappa shape index (κ1) is 33.4. The van der Waals surface area contributed by atoms with Gasteiger partial charge in [-0.2, -0.15) is 13.2 Å². The van der Waals surface area contributed by atoms with Crippen LogP contribution in [0.25, 0.3) is 21.8 Å². The van der Waals surface area contributed by atoms with Crippen LogP contribution in [0.3, 0.4) is 0 Å². The van der Waals surface area contributed by atoms with Crippen molar-refractivity contribution in [2.75, 3.05) is 36.5 Å². The maximum atomic E-state index is 15.1. The number of nitrogens with one attached hydrogen (secondary N) is 1. The zero-order chi connectivity index (χ0) is 34.1. The van der Waals surface area contributed by atoms with Crippen molar-refractivity contribution in [1.82, 2.24) is 19.9 Å². The van der Waals surface area contributed by atoms with Gasteiger partial charge in [-0.15, -0.1) is 11.3 Å². The van der Waals surface area contributed by atoms with Gasteiger partial charge in [0.25, 0.3) is 0 Å². The molecule has 1 saturated heterocycles. The molecule has 6 rings (SSSR count). The van der Waals surface area contributed by atoms with Gasteiger partial charge >= 0.3 is 6.18 Å². The van der Waals surface area contributed by atoms with Crippen LogP contribution in [-0.4, -0.2) is 54.7 Å². The number of ether oxygens (including phenoxy) is 1. The Labute approximate surface area is 278 Å². The second-order valence-corrected chi connectivity index (χ2v) is 14.3. The highest BCUT2D eigenvalue weighted by Gasteiger charge is 2.37. The van der Waals surface area contributed by atoms with Gasteiger partial charge < -0.3 is 15.0 Å². The van der Waals surface area contributed by atoms with Gasteiger partial charge in [0.05, 0.1) is 62.6 Å². The minimum Gasteiger partial charge on any atom is -0.378 e. The number of nitrogens with zero attached hydrogens (tertiary/aromatic N) is 5. The number of thiazole rings is 1. The van der Waals surface area contributed by atoms with E-state index in [4.69, 9.17) is 14.7 Å². The van der Waals surface area contributed by atoms with E-state index in [1.165, 1.54) is 29.5 Å². The van der Waals surface area contributed by atoms with E-state index in [0.717, 1.165) is 42.1 Å². The molecule has 0 unspecified atom stereocenters. The molecule has 48 heavy (non-hydrogen) atoms. The second kappa shape index (κ2) is 13.6. The van der Waals surface area contributed by atoms with Crippen LogP contribution in [0, 0.1) is 5.82 Å². The summed E-state index contributed by atoms with van der Waals surface area (Å²) in [5.74, 6) is -0.680. The Kier molecular flexibility index (Phi) is 9.45. The molecule has 0 atom stereocenters. The molecule has 4 heterocycles. The minimum absolute atomic E-state index is 0.0251. The highest BCUT2D eigenvalue weighted by molar-refractivity contribution is 7.90. The Balaban J connectivity index is 1.31. The number of hydrogen-bond donors (Lipinski definition) is 1. The molecule has 9 nitrogen and oxygen atoms in total. The molecule has 0 bridgehead atoms. The van der Waals surface area contributed by atoms with Gasteiger partial charge in [-0.05, 0) is 48.5 Å². The van der Waals surface area contributed by atoms with Crippen LogP contribution in [0.5, 0.6) is 0 Å². The third kappa shape index (κ3) is 7.32. The van der Waals surface area contributed by atoms with E-state index in [1.54, 1.807) is 18.5 Å².